The Kier molecular flexibility index (Phi) is 5.50. The molecule has 3 heteroatoms. The Morgan fingerprint density at radius 1 is 1.31 bits per heavy atom. The fraction of sp³-hybridized carbons (Fsp3) is 0.846. The summed E-state index contributed by atoms with van der Waals surface area (Å²) in [5.41, 5.74) is 0. The highest BCUT2D eigenvalue weighted by atomic mass is 16.5. The van der Waals surface area contributed by atoms with Crippen LogP contribution in [0, 0.1) is 11.8 Å². The lowest BCUT2D eigenvalue weighted by molar-refractivity contribution is -0.143. The highest BCUT2D eigenvalue weighted by molar-refractivity contribution is 5.78. The highest BCUT2D eigenvalue weighted by Crippen LogP contribution is 2.22. The van der Waals surface area contributed by atoms with Crippen LogP contribution in [0.4, 0.5) is 0 Å². The van der Waals surface area contributed by atoms with Crippen LogP contribution < -0.4 is 0 Å². The van der Waals surface area contributed by atoms with Gasteiger partial charge in [0.1, 0.15) is 6.04 Å². The van der Waals surface area contributed by atoms with E-state index in [1.54, 1.807) is 0 Å². The summed E-state index contributed by atoms with van der Waals surface area (Å²) in [6.45, 7) is 4.00. The van der Waals surface area contributed by atoms with Gasteiger partial charge in [0, 0.05) is 6.21 Å². The molecule has 0 aromatic rings. The molecular weight excluding hydrogens is 202 g/mol. The molecule has 1 atom stereocenters. The van der Waals surface area contributed by atoms with Gasteiger partial charge in [0.05, 0.1) is 7.11 Å². The lowest BCUT2D eigenvalue weighted by atomic mass is 9.90. The maximum Gasteiger partial charge on any atom is 0.330 e. The molecule has 0 aliphatic heterocycles. The summed E-state index contributed by atoms with van der Waals surface area (Å²) < 4.78 is 4.76. The van der Waals surface area contributed by atoms with E-state index in [-0.39, 0.29) is 17.9 Å². The molecule has 0 bridgehead atoms. The SMILES string of the molecule is COC(=O)[C@@H](N=CC1CCCCC1)C(C)C. The molecule has 0 radical (unpaired) electrons. The van der Waals surface area contributed by atoms with Gasteiger partial charge in [-0.15, -0.1) is 0 Å². The van der Waals surface area contributed by atoms with Crippen LogP contribution in [0.2, 0.25) is 0 Å². The van der Waals surface area contributed by atoms with E-state index in [0.29, 0.717) is 5.92 Å². The Labute approximate surface area is 98.3 Å². The summed E-state index contributed by atoms with van der Waals surface area (Å²) in [7, 11) is 1.42. The third-order valence-electron chi connectivity index (χ3n) is 3.18. The zero-order valence-electron chi connectivity index (χ0n) is 10.6. The minimum atomic E-state index is -0.327. The van der Waals surface area contributed by atoms with Crippen LogP contribution >= 0.6 is 0 Å². The van der Waals surface area contributed by atoms with E-state index < -0.39 is 0 Å². The molecule has 0 aromatic carbocycles. The molecule has 1 aliphatic carbocycles. The van der Waals surface area contributed by atoms with Gasteiger partial charge >= 0.3 is 5.97 Å². The van der Waals surface area contributed by atoms with Crippen LogP contribution in [0.1, 0.15) is 46.0 Å². The molecule has 0 saturated heterocycles. The Morgan fingerprint density at radius 2 is 1.94 bits per heavy atom. The first-order valence-corrected chi connectivity index (χ1v) is 6.26. The third kappa shape index (κ3) is 3.95. The second-order valence-corrected chi connectivity index (χ2v) is 4.91. The third-order valence-corrected chi connectivity index (χ3v) is 3.18. The second kappa shape index (κ2) is 6.66. The van der Waals surface area contributed by atoms with E-state index >= 15 is 0 Å². The van der Waals surface area contributed by atoms with Gasteiger partial charge in [-0.2, -0.15) is 0 Å². The predicted molar refractivity (Wildman–Crippen MR) is 65.7 cm³/mol. The molecule has 1 rings (SSSR count). The minimum absolute atomic E-state index is 0.201. The second-order valence-electron chi connectivity index (χ2n) is 4.91. The topological polar surface area (TPSA) is 38.7 Å². The van der Waals surface area contributed by atoms with E-state index in [4.69, 9.17) is 4.74 Å². The summed E-state index contributed by atoms with van der Waals surface area (Å²) in [4.78, 5) is 15.9. The number of rotatable bonds is 4. The molecule has 0 heterocycles. The largest absolute Gasteiger partial charge is 0.467 e. The molecule has 3 nitrogen and oxygen atoms in total. The van der Waals surface area contributed by atoms with Crippen molar-refractivity contribution in [2.75, 3.05) is 7.11 Å². The summed E-state index contributed by atoms with van der Waals surface area (Å²) in [6, 6.07) is -0.327. The average molecular weight is 225 g/mol. The van der Waals surface area contributed by atoms with Crippen molar-refractivity contribution >= 4 is 12.2 Å². The van der Waals surface area contributed by atoms with E-state index in [9.17, 15) is 4.79 Å². The summed E-state index contributed by atoms with van der Waals surface area (Å²) in [5, 5.41) is 0. The zero-order chi connectivity index (χ0) is 12.0. The minimum Gasteiger partial charge on any atom is -0.467 e. The fourth-order valence-corrected chi connectivity index (χ4v) is 2.12. The van der Waals surface area contributed by atoms with Crippen LogP contribution in [-0.4, -0.2) is 25.3 Å². The number of aliphatic imine (C=N–C) groups is 1. The number of carbonyl (C=O) groups excluding carboxylic acids is 1. The molecule has 0 amide bonds. The van der Waals surface area contributed by atoms with Crippen LogP contribution in [0.3, 0.4) is 0 Å². The number of nitrogens with zero attached hydrogens (tertiary/aromatic N) is 1. The van der Waals surface area contributed by atoms with Gasteiger partial charge in [-0.25, -0.2) is 4.79 Å². The van der Waals surface area contributed by atoms with Crippen LogP contribution in [0.15, 0.2) is 4.99 Å². The molecule has 1 aliphatic rings. The predicted octanol–water partition coefficient (Wildman–Crippen LogP) is 2.84. The Hall–Kier alpha value is -0.860. The van der Waals surface area contributed by atoms with Crippen LogP contribution in [-0.2, 0) is 9.53 Å². The number of hydrogen-bond donors (Lipinski definition) is 0. The van der Waals surface area contributed by atoms with Gasteiger partial charge in [0.2, 0.25) is 0 Å². The van der Waals surface area contributed by atoms with E-state index in [1.165, 1.54) is 39.2 Å². The molecule has 0 aromatic heterocycles. The highest BCUT2D eigenvalue weighted by Gasteiger charge is 2.22. The maximum absolute atomic E-state index is 11.5. The van der Waals surface area contributed by atoms with Gasteiger partial charge in [-0.3, -0.25) is 4.99 Å². The smallest absolute Gasteiger partial charge is 0.330 e. The van der Waals surface area contributed by atoms with Crippen molar-refractivity contribution in [3.05, 3.63) is 0 Å². The number of hydrogen-bond acceptors (Lipinski definition) is 3. The van der Waals surface area contributed by atoms with Crippen molar-refractivity contribution in [1.29, 1.82) is 0 Å². The Balaban J connectivity index is 2.52. The van der Waals surface area contributed by atoms with E-state index in [1.807, 2.05) is 20.1 Å². The van der Waals surface area contributed by atoms with Crippen molar-refractivity contribution in [3.63, 3.8) is 0 Å². The maximum atomic E-state index is 11.5. The van der Waals surface area contributed by atoms with Gasteiger partial charge in [-0.1, -0.05) is 33.1 Å². The summed E-state index contributed by atoms with van der Waals surface area (Å²) >= 11 is 0. The number of ether oxygens (including phenoxy) is 1. The average Bonchev–Trinajstić information content (AvgIpc) is 2.30. The molecule has 92 valence electrons. The Bertz CT molecular complexity index is 242. The monoisotopic (exact) mass is 225 g/mol. The first kappa shape index (κ1) is 13.2. The quantitative estimate of drug-likeness (QED) is 0.545. The van der Waals surface area contributed by atoms with Crippen molar-refractivity contribution < 1.29 is 9.53 Å². The van der Waals surface area contributed by atoms with Crippen LogP contribution in [0.25, 0.3) is 0 Å². The zero-order valence-corrected chi connectivity index (χ0v) is 10.6. The van der Waals surface area contributed by atoms with Crippen LogP contribution in [0.5, 0.6) is 0 Å². The van der Waals surface area contributed by atoms with Crippen molar-refractivity contribution in [2.24, 2.45) is 16.8 Å². The normalized spacial score (nSPS) is 20.2. The first-order valence-electron chi connectivity index (χ1n) is 6.26. The van der Waals surface area contributed by atoms with Crippen molar-refractivity contribution in [1.82, 2.24) is 0 Å². The first-order chi connectivity index (χ1) is 7.65. The molecule has 0 N–H and O–H groups in total. The van der Waals surface area contributed by atoms with E-state index in [2.05, 4.69) is 4.99 Å². The van der Waals surface area contributed by atoms with Gasteiger partial charge < -0.3 is 4.74 Å². The number of carbonyl (C=O) groups is 1. The molecular formula is C13H23NO2. The Morgan fingerprint density at radius 3 is 2.44 bits per heavy atom. The lowest BCUT2D eigenvalue weighted by Crippen LogP contribution is -2.26. The van der Waals surface area contributed by atoms with Gasteiger partial charge in [0.25, 0.3) is 0 Å². The summed E-state index contributed by atoms with van der Waals surface area (Å²) in [5.74, 6) is 0.550. The van der Waals surface area contributed by atoms with Crippen molar-refractivity contribution in [2.45, 2.75) is 52.0 Å². The molecule has 0 unspecified atom stereocenters. The van der Waals surface area contributed by atoms with Crippen molar-refractivity contribution in [3.8, 4) is 0 Å². The molecule has 16 heavy (non-hydrogen) atoms. The van der Waals surface area contributed by atoms with Gasteiger partial charge in [-0.05, 0) is 24.7 Å². The molecule has 0 spiro atoms. The fourth-order valence-electron chi connectivity index (χ4n) is 2.12. The molecule has 1 fully saturated rings. The van der Waals surface area contributed by atoms with E-state index in [0.717, 1.165) is 0 Å². The number of esters is 1. The van der Waals surface area contributed by atoms with Gasteiger partial charge in [0.15, 0.2) is 0 Å². The molecule has 1 saturated carbocycles. The standard InChI is InChI=1S/C13H23NO2/c1-10(2)12(13(15)16-3)14-9-11-7-5-4-6-8-11/h9-12H,4-8H2,1-3H3/t12-/m0/s1. The lowest BCUT2D eigenvalue weighted by Gasteiger charge is -2.19. The summed E-state index contributed by atoms with van der Waals surface area (Å²) in [6.07, 6.45) is 8.35. The number of methoxy groups -OCH3 is 1.